The topological polar surface area (TPSA) is 44.4 Å². The Balaban J connectivity index is 2.09. The predicted molar refractivity (Wildman–Crippen MR) is 84.9 cm³/mol. The second-order valence-electron chi connectivity index (χ2n) is 6.56. The summed E-state index contributed by atoms with van der Waals surface area (Å²) in [6, 6.07) is 0. The lowest BCUT2D eigenvalue weighted by atomic mass is 10.1. The quantitative estimate of drug-likeness (QED) is 0.604. The van der Waals surface area contributed by atoms with Crippen LogP contribution in [0.15, 0.2) is 0 Å². The molecule has 0 saturated carbocycles. The molecule has 1 heterocycles. The number of hydrogen-bond acceptors (Lipinski definition) is 3. The van der Waals surface area contributed by atoms with Gasteiger partial charge in [-0.2, -0.15) is 0 Å². The summed E-state index contributed by atoms with van der Waals surface area (Å²) in [4.78, 5) is 14.0. The fourth-order valence-electron chi connectivity index (χ4n) is 2.53. The van der Waals surface area contributed by atoms with Crippen LogP contribution in [0.3, 0.4) is 0 Å². The zero-order valence-corrected chi connectivity index (χ0v) is 13.6. The molecule has 0 radical (unpaired) electrons. The van der Waals surface area contributed by atoms with Gasteiger partial charge in [0.25, 0.3) is 0 Å². The minimum Gasteiger partial charge on any atom is -0.342 e. The molecular weight excluding hydrogens is 250 g/mol. The number of nitrogens with zero attached hydrogens (tertiary/aromatic N) is 1. The van der Waals surface area contributed by atoms with E-state index in [1.165, 1.54) is 25.7 Å². The Morgan fingerprint density at radius 1 is 1.15 bits per heavy atom. The monoisotopic (exact) mass is 283 g/mol. The van der Waals surface area contributed by atoms with Gasteiger partial charge in [-0.15, -0.1) is 0 Å². The molecule has 118 valence electrons. The number of carbonyl (C=O) groups excluding carboxylic acids is 1. The van der Waals surface area contributed by atoms with Crippen molar-refractivity contribution in [3.63, 3.8) is 0 Å². The molecule has 4 heteroatoms. The van der Waals surface area contributed by atoms with Gasteiger partial charge in [0.15, 0.2) is 0 Å². The molecule has 20 heavy (non-hydrogen) atoms. The smallest absolute Gasteiger partial charge is 0.236 e. The van der Waals surface area contributed by atoms with Crippen molar-refractivity contribution in [1.29, 1.82) is 0 Å². The fraction of sp³-hybridized carbons (Fsp3) is 0.938. The van der Waals surface area contributed by atoms with Crippen molar-refractivity contribution in [2.24, 2.45) is 0 Å². The lowest BCUT2D eigenvalue weighted by molar-refractivity contribution is -0.129. The number of hydrogen-bond donors (Lipinski definition) is 2. The maximum absolute atomic E-state index is 12.0. The summed E-state index contributed by atoms with van der Waals surface area (Å²) in [6.45, 7) is 10.9. The summed E-state index contributed by atoms with van der Waals surface area (Å²) < 4.78 is 0. The largest absolute Gasteiger partial charge is 0.342 e. The molecular formula is C16H33N3O. The van der Waals surface area contributed by atoms with Gasteiger partial charge in [0, 0.05) is 25.2 Å². The van der Waals surface area contributed by atoms with Gasteiger partial charge >= 0.3 is 0 Å². The standard InChI is InChI=1S/C16H33N3O/c1-4-5-6-7-10-17-14-16(2,3)18-13-15(20)19-11-8-9-12-19/h17-18H,4-14H2,1-3H3. The molecule has 1 aliphatic rings. The predicted octanol–water partition coefficient (Wildman–Crippen LogP) is 2.15. The molecule has 0 bridgehead atoms. The number of rotatable bonds is 10. The second kappa shape index (κ2) is 9.35. The minimum absolute atomic E-state index is 0.0276. The first kappa shape index (κ1) is 17.4. The first-order chi connectivity index (χ1) is 9.55. The highest BCUT2D eigenvalue weighted by atomic mass is 16.2. The van der Waals surface area contributed by atoms with Crippen molar-refractivity contribution >= 4 is 5.91 Å². The molecule has 0 atom stereocenters. The zero-order chi connectivity index (χ0) is 14.8. The Bertz CT molecular complexity index is 273. The average molecular weight is 283 g/mol. The summed E-state index contributed by atoms with van der Waals surface area (Å²) in [6.07, 6.45) is 7.49. The van der Waals surface area contributed by atoms with Crippen LogP contribution in [0.1, 0.15) is 59.3 Å². The normalized spacial score (nSPS) is 15.8. The number of likely N-dealkylation sites (tertiary alicyclic amines) is 1. The van der Waals surface area contributed by atoms with Gasteiger partial charge < -0.3 is 15.5 Å². The zero-order valence-electron chi connectivity index (χ0n) is 13.6. The minimum atomic E-state index is -0.0276. The molecule has 0 spiro atoms. The van der Waals surface area contributed by atoms with Crippen LogP contribution in [0.25, 0.3) is 0 Å². The van der Waals surface area contributed by atoms with E-state index in [9.17, 15) is 4.79 Å². The molecule has 0 aromatic rings. The van der Waals surface area contributed by atoms with Crippen molar-refractivity contribution < 1.29 is 4.79 Å². The van der Waals surface area contributed by atoms with Crippen LogP contribution >= 0.6 is 0 Å². The van der Waals surface area contributed by atoms with Crippen molar-refractivity contribution in [3.05, 3.63) is 0 Å². The van der Waals surface area contributed by atoms with Gasteiger partial charge in [0.2, 0.25) is 5.91 Å². The third-order valence-corrected chi connectivity index (χ3v) is 3.95. The third-order valence-electron chi connectivity index (χ3n) is 3.95. The highest BCUT2D eigenvalue weighted by molar-refractivity contribution is 5.78. The Labute approximate surface area is 124 Å². The van der Waals surface area contributed by atoms with E-state index in [0.717, 1.165) is 39.0 Å². The van der Waals surface area contributed by atoms with Crippen LogP contribution in [-0.4, -0.2) is 49.1 Å². The lowest BCUT2D eigenvalue weighted by Crippen LogP contribution is -2.51. The molecule has 1 amide bonds. The number of carbonyl (C=O) groups is 1. The summed E-state index contributed by atoms with van der Waals surface area (Å²) in [5.41, 5.74) is -0.0276. The molecule has 0 aromatic heterocycles. The first-order valence-electron chi connectivity index (χ1n) is 8.29. The summed E-state index contributed by atoms with van der Waals surface area (Å²) >= 11 is 0. The fourth-order valence-corrected chi connectivity index (χ4v) is 2.53. The van der Waals surface area contributed by atoms with Crippen molar-refractivity contribution in [2.75, 3.05) is 32.7 Å². The van der Waals surface area contributed by atoms with Gasteiger partial charge in [-0.3, -0.25) is 4.79 Å². The van der Waals surface area contributed by atoms with Crippen LogP contribution in [-0.2, 0) is 4.79 Å². The van der Waals surface area contributed by atoms with E-state index in [4.69, 9.17) is 0 Å². The van der Waals surface area contributed by atoms with Gasteiger partial charge in [-0.1, -0.05) is 26.2 Å². The van der Waals surface area contributed by atoms with E-state index in [-0.39, 0.29) is 11.4 Å². The highest BCUT2D eigenvalue weighted by Crippen LogP contribution is 2.08. The number of nitrogens with one attached hydrogen (secondary N) is 2. The van der Waals surface area contributed by atoms with Crippen molar-refractivity contribution in [1.82, 2.24) is 15.5 Å². The van der Waals surface area contributed by atoms with E-state index < -0.39 is 0 Å². The average Bonchev–Trinajstić information content (AvgIpc) is 2.94. The number of unbranched alkanes of at least 4 members (excludes halogenated alkanes) is 3. The maximum Gasteiger partial charge on any atom is 0.236 e. The van der Waals surface area contributed by atoms with Gasteiger partial charge in [-0.05, 0) is 39.7 Å². The Kier molecular flexibility index (Phi) is 8.15. The van der Waals surface area contributed by atoms with Gasteiger partial charge in [-0.25, -0.2) is 0 Å². The van der Waals surface area contributed by atoms with Gasteiger partial charge in [0.05, 0.1) is 6.54 Å². The third kappa shape index (κ3) is 7.25. The van der Waals surface area contributed by atoms with E-state index in [1.54, 1.807) is 0 Å². The van der Waals surface area contributed by atoms with E-state index >= 15 is 0 Å². The van der Waals surface area contributed by atoms with Crippen LogP contribution in [0, 0.1) is 0 Å². The highest BCUT2D eigenvalue weighted by Gasteiger charge is 2.21. The molecule has 4 nitrogen and oxygen atoms in total. The molecule has 0 aliphatic carbocycles. The summed E-state index contributed by atoms with van der Waals surface area (Å²) in [5, 5.41) is 6.87. The Morgan fingerprint density at radius 2 is 1.85 bits per heavy atom. The van der Waals surface area contributed by atoms with E-state index in [0.29, 0.717) is 6.54 Å². The number of amides is 1. The molecule has 1 fully saturated rings. The Hall–Kier alpha value is -0.610. The SMILES string of the molecule is CCCCCCNCC(C)(C)NCC(=O)N1CCCC1. The summed E-state index contributed by atoms with van der Waals surface area (Å²) in [7, 11) is 0. The lowest BCUT2D eigenvalue weighted by Gasteiger charge is -2.28. The van der Waals surface area contributed by atoms with Crippen LogP contribution < -0.4 is 10.6 Å². The van der Waals surface area contributed by atoms with Gasteiger partial charge in [0.1, 0.15) is 0 Å². The van der Waals surface area contributed by atoms with E-state index in [2.05, 4.69) is 31.4 Å². The molecule has 1 rings (SSSR count). The first-order valence-corrected chi connectivity index (χ1v) is 8.29. The molecule has 0 aromatic carbocycles. The molecule has 1 saturated heterocycles. The maximum atomic E-state index is 12.0. The van der Waals surface area contributed by atoms with Crippen LogP contribution in [0.5, 0.6) is 0 Å². The van der Waals surface area contributed by atoms with Crippen molar-refractivity contribution in [2.45, 2.75) is 64.8 Å². The van der Waals surface area contributed by atoms with E-state index in [1.807, 2.05) is 4.90 Å². The molecule has 1 aliphatic heterocycles. The summed E-state index contributed by atoms with van der Waals surface area (Å²) in [5.74, 6) is 0.249. The molecule has 2 N–H and O–H groups in total. The Morgan fingerprint density at radius 3 is 2.50 bits per heavy atom. The van der Waals surface area contributed by atoms with Crippen molar-refractivity contribution in [3.8, 4) is 0 Å². The van der Waals surface area contributed by atoms with Crippen LogP contribution in [0.4, 0.5) is 0 Å². The van der Waals surface area contributed by atoms with Crippen LogP contribution in [0.2, 0.25) is 0 Å². The molecule has 0 unspecified atom stereocenters. The second-order valence-corrected chi connectivity index (χ2v) is 6.56.